The number of aromatic nitrogens is 2. The van der Waals surface area contributed by atoms with Gasteiger partial charge < -0.3 is 24.6 Å². The maximum atomic E-state index is 12.1. The molecule has 1 heterocycles. The number of nitrogens with zero attached hydrogens (tertiary/aromatic N) is 2. The highest BCUT2D eigenvalue weighted by Gasteiger charge is 2.15. The van der Waals surface area contributed by atoms with E-state index >= 15 is 0 Å². The second-order valence-electron chi connectivity index (χ2n) is 6.04. The number of hydrogen-bond acceptors (Lipinski definition) is 7. The standard InChI is InChI=1S/C20H20N4O5/c1-13(25)22-15-5-9-17(10-6-15)28-12-18-23-20(29-24-18)19(26)21-11-14-3-7-16(27-2)8-4-14/h3-10H,11-12H2,1-2H3,(H,21,26)(H,22,25). The van der Waals surface area contributed by atoms with Gasteiger partial charge in [0.2, 0.25) is 11.7 Å². The van der Waals surface area contributed by atoms with Gasteiger partial charge in [-0.05, 0) is 42.0 Å². The molecule has 2 aromatic carbocycles. The van der Waals surface area contributed by atoms with Gasteiger partial charge in [-0.1, -0.05) is 17.3 Å². The van der Waals surface area contributed by atoms with Gasteiger partial charge >= 0.3 is 11.8 Å². The van der Waals surface area contributed by atoms with Gasteiger partial charge in [-0.3, -0.25) is 9.59 Å². The van der Waals surface area contributed by atoms with E-state index in [1.54, 1.807) is 31.4 Å². The van der Waals surface area contributed by atoms with E-state index in [0.717, 1.165) is 11.3 Å². The van der Waals surface area contributed by atoms with Crippen LogP contribution in [-0.4, -0.2) is 29.1 Å². The lowest BCUT2D eigenvalue weighted by atomic mass is 10.2. The van der Waals surface area contributed by atoms with E-state index in [9.17, 15) is 9.59 Å². The molecule has 9 heteroatoms. The Morgan fingerprint density at radius 1 is 1.03 bits per heavy atom. The molecule has 150 valence electrons. The third-order valence-electron chi connectivity index (χ3n) is 3.82. The quantitative estimate of drug-likeness (QED) is 0.601. The molecule has 2 amide bonds. The van der Waals surface area contributed by atoms with Crippen LogP contribution in [-0.2, 0) is 17.9 Å². The monoisotopic (exact) mass is 396 g/mol. The topological polar surface area (TPSA) is 116 Å². The first-order valence-corrected chi connectivity index (χ1v) is 8.77. The van der Waals surface area contributed by atoms with Crippen molar-refractivity contribution >= 4 is 17.5 Å². The summed E-state index contributed by atoms with van der Waals surface area (Å²) in [5.74, 6) is 0.784. The first kappa shape index (κ1) is 19.9. The molecule has 0 aliphatic heterocycles. The number of methoxy groups -OCH3 is 1. The lowest BCUT2D eigenvalue weighted by Crippen LogP contribution is -2.23. The molecule has 0 unspecified atom stereocenters. The summed E-state index contributed by atoms with van der Waals surface area (Å²) >= 11 is 0. The van der Waals surface area contributed by atoms with Gasteiger partial charge in [-0.2, -0.15) is 4.98 Å². The number of carbonyl (C=O) groups is 2. The number of carbonyl (C=O) groups excluding carboxylic acids is 2. The summed E-state index contributed by atoms with van der Waals surface area (Å²) in [6.45, 7) is 1.79. The first-order valence-electron chi connectivity index (χ1n) is 8.77. The highest BCUT2D eigenvalue weighted by atomic mass is 16.5. The third kappa shape index (κ3) is 5.80. The van der Waals surface area contributed by atoms with Crippen LogP contribution in [0.1, 0.15) is 29.0 Å². The van der Waals surface area contributed by atoms with E-state index in [1.807, 2.05) is 24.3 Å². The Hall–Kier alpha value is -3.88. The molecule has 1 aromatic heterocycles. The Morgan fingerprint density at radius 2 is 1.72 bits per heavy atom. The fourth-order valence-electron chi connectivity index (χ4n) is 2.39. The van der Waals surface area contributed by atoms with Crippen LogP contribution in [0.25, 0.3) is 0 Å². The van der Waals surface area contributed by atoms with E-state index < -0.39 is 5.91 Å². The van der Waals surface area contributed by atoms with Crippen LogP contribution in [0, 0.1) is 0 Å². The summed E-state index contributed by atoms with van der Waals surface area (Å²) in [5.41, 5.74) is 1.57. The van der Waals surface area contributed by atoms with E-state index in [-0.39, 0.29) is 24.2 Å². The van der Waals surface area contributed by atoms with Crippen molar-refractivity contribution in [1.82, 2.24) is 15.5 Å². The predicted molar refractivity (Wildman–Crippen MR) is 104 cm³/mol. The zero-order valence-electron chi connectivity index (χ0n) is 16.0. The van der Waals surface area contributed by atoms with Crippen molar-refractivity contribution in [2.45, 2.75) is 20.1 Å². The van der Waals surface area contributed by atoms with Crippen LogP contribution < -0.4 is 20.1 Å². The number of amides is 2. The van der Waals surface area contributed by atoms with E-state index in [0.29, 0.717) is 18.0 Å². The molecule has 0 radical (unpaired) electrons. The SMILES string of the molecule is COc1ccc(CNC(=O)c2nc(COc3ccc(NC(C)=O)cc3)no2)cc1. The molecule has 2 N–H and O–H groups in total. The van der Waals surface area contributed by atoms with Crippen molar-refractivity contribution in [1.29, 1.82) is 0 Å². The molecule has 3 rings (SSSR count). The highest BCUT2D eigenvalue weighted by molar-refractivity contribution is 5.89. The molecular formula is C20H20N4O5. The average Bonchev–Trinajstić information content (AvgIpc) is 3.21. The van der Waals surface area contributed by atoms with Gasteiger partial charge in [-0.15, -0.1) is 0 Å². The van der Waals surface area contributed by atoms with Crippen molar-refractivity contribution in [2.24, 2.45) is 0 Å². The fourth-order valence-corrected chi connectivity index (χ4v) is 2.39. The van der Waals surface area contributed by atoms with E-state index in [1.165, 1.54) is 6.92 Å². The van der Waals surface area contributed by atoms with Crippen LogP contribution in [0.4, 0.5) is 5.69 Å². The number of nitrogens with one attached hydrogen (secondary N) is 2. The normalized spacial score (nSPS) is 10.3. The minimum atomic E-state index is -0.473. The maximum absolute atomic E-state index is 12.1. The Balaban J connectivity index is 1.49. The summed E-state index contributed by atoms with van der Waals surface area (Å²) in [6.07, 6.45) is 0. The number of anilines is 1. The molecule has 9 nitrogen and oxygen atoms in total. The van der Waals surface area contributed by atoms with Gasteiger partial charge in [-0.25, -0.2) is 0 Å². The zero-order chi connectivity index (χ0) is 20.6. The summed E-state index contributed by atoms with van der Waals surface area (Å²) in [7, 11) is 1.59. The summed E-state index contributed by atoms with van der Waals surface area (Å²) in [4.78, 5) is 27.2. The van der Waals surface area contributed by atoms with Crippen molar-refractivity contribution in [3.05, 3.63) is 65.8 Å². The molecule has 0 saturated carbocycles. The molecular weight excluding hydrogens is 376 g/mol. The second-order valence-corrected chi connectivity index (χ2v) is 6.04. The van der Waals surface area contributed by atoms with Crippen molar-refractivity contribution in [2.75, 3.05) is 12.4 Å². The first-order chi connectivity index (χ1) is 14.0. The number of hydrogen-bond donors (Lipinski definition) is 2. The van der Waals surface area contributed by atoms with Gasteiger partial charge in [0, 0.05) is 19.2 Å². The largest absolute Gasteiger partial charge is 0.497 e. The zero-order valence-corrected chi connectivity index (χ0v) is 16.0. The Morgan fingerprint density at radius 3 is 2.38 bits per heavy atom. The number of ether oxygens (including phenoxy) is 2. The lowest BCUT2D eigenvalue weighted by molar-refractivity contribution is -0.114. The van der Waals surface area contributed by atoms with Crippen LogP contribution >= 0.6 is 0 Å². The van der Waals surface area contributed by atoms with Gasteiger partial charge in [0.05, 0.1) is 7.11 Å². The minimum Gasteiger partial charge on any atom is -0.497 e. The van der Waals surface area contributed by atoms with E-state index in [2.05, 4.69) is 20.8 Å². The molecule has 0 bridgehead atoms. The molecule has 0 aliphatic rings. The molecule has 3 aromatic rings. The van der Waals surface area contributed by atoms with Crippen molar-refractivity contribution in [3.8, 4) is 11.5 Å². The van der Waals surface area contributed by atoms with Crippen molar-refractivity contribution < 1.29 is 23.6 Å². The molecule has 0 atom stereocenters. The lowest BCUT2D eigenvalue weighted by Gasteiger charge is -2.05. The van der Waals surface area contributed by atoms with Crippen LogP contribution in [0.15, 0.2) is 53.1 Å². The van der Waals surface area contributed by atoms with E-state index in [4.69, 9.17) is 14.0 Å². The molecule has 0 aliphatic carbocycles. The summed E-state index contributed by atoms with van der Waals surface area (Å²) < 4.78 is 15.6. The predicted octanol–water partition coefficient (Wildman–Crippen LogP) is 2.55. The third-order valence-corrected chi connectivity index (χ3v) is 3.82. The molecule has 0 fully saturated rings. The minimum absolute atomic E-state index is 0.0365. The summed E-state index contributed by atoms with van der Waals surface area (Å²) in [6, 6.07) is 14.2. The fraction of sp³-hybridized carbons (Fsp3) is 0.200. The second kappa shape index (κ2) is 9.36. The average molecular weight is 396 g/mol. The maximum Gasteiger partial charge on any atom is 0.316 e. The number of benzene rings is 2. The van der Waals surface area contributed by atoms with Crippen LogP contribution in [0.5, 0.6) is 11.5 Å². The van der Waals surface area contributed by atoms with Gasteiger partial charge in [0.25, 0.3) is 0 Å². The Labute approximate surface area is 167 Å². The smallest absolute Gasteiger partial charge is 0.316 e. The Bertz CT molecular complexity index is 967. The van der Waals surface area contributed by atoms with Crippen molar-refractivity contribution in [3.63, 3.8) is 0 Å². The van der Waals surface area contributed by atoms with Gasteiger partial charge in [0.15, 0.2) is 6.61 Å². The number of rotatable bonds is 8. The molecule has 0 saturated heterocycles. The van der Waals surface area contributed by atoms with Crippen LogP contribution in [0.3, 0.4) is 0 Å². The molecule has 0 spiro atoms. The molecule has 29 heavy (non-hydrogen) atoms. The summed E-state index contributed by atoms with van der Waals surface area (Å²) in [5, 5.41) is 9.12. The van der Waals surface area contributed by atoms with Gasteiger partial charge in [0.1, 0.15) is 11.5 Å². The highest BCUT2D eigenvalue weighted by Crippen LogP contribution is 2.16. The van der Waals surface area contributed by atoms with Crippen LogP contribution in [0.2, 0.25) is 0 Å². The Kier molecular flexibility index (Phi) is 6.41.